The van der Waals surface area contributed by atoms with E-state index in [1.807, 2.05) is 17.9 Å². The van der Waals surface area contributed by atoms with Crippen molar-refractivity contribution in [3.8, 4) is 0 Å². The maximum atomic E-state index is 12.9. The van der Waals surface area contributed by atoms with E-state index in [9.17, 15) is 4.79 Å². The van der Waals surface area contributed by atoms with Crippen LogP contribution in [0.3, 0.4) is 0 Å². The minimum atomic E-state index is -0.357. The SMILES string of the molecule is CC1(N)CCCCC1C(=O)N1CCc2ccc(Br)cc21.Cl. The van der Waals surface area contributed by atoms with Gasteiger partial charge in [0.1, 0.15) is 0 Å². The molecule has 0 saturated heterocycles. The highest BCUT2D eigenvalue weighted by molar-refractivity contribution is 9.10. The lowest BCUT2D eigenvalue weighted by Gasteiger charge is -2.39. The molecule has 116 valence electrons. The van der Waals surface area contributed by atoms with Gasteiger partial charge < -0.3 is 10.6 Å². The van der Waals surface area contributed by atoms with Gasteiger partial charge in [0.25, 0.3) is 0 Å². The average Bonchev–Trinajstić information content (AvgIpc) is 2.80. The van der Waals surface area contributed by atoms with E-state index >= 15 is 0 Å². The lowest BCUT2D eigenvalue weighted by Crippen LogP contribution is -2.53. The zero-order chi connectivity index (χ0) is 14.3. The van der Waals surface area contributed by atoms with E-state index in [0.29, 0.717) is 0 Å². The molecule has 0 bridgehead atoms. The van der Waals surface area contributed by atoms with Gasteiger partial charge >= 0.3 is 0 Å². The van der Waals surface area contributed by atoms with E-state index in [0.717, 1.165) is 48.8 Å². The van der Waals surface area contributed by atoms with Crippen molar-refractivity contribution < 1.29 is 4.79 Å². The van der Waals surface area contributed by atoms with Crippen LogP contribution in [-0.4, -0.2) is 18.0 Å². The second kappa shape index (κ2) is 6.27. The fraction of sp³-hybridized carbons (Fsp3) is 0.562. The summed E-state index contributed by atoms with van der Waals surface area (Å²) in [6.45, 7) is 2.82. The van der Waals surface area contributed by atoms with Crippen molar-refractivity contribution >= 4 is 39.9 Å². The van der Waals surface area contributed by atoms with Crippen molar-refractivity contribution in [1.82, 2.24) is 0 Å². The molecule has 1 aliphatic heterocycles. The third-order valence-electron chi connectivity index (χ3n) is 4.76. The Bertz CT molecular complexity index is 547. The molecule has 2 unspecified atom stereocenters. The molecule has 1 amide bonds. The van der Waals surface area contributed by atoms with Crippen LogP contribution < -0.4 is 10.6 Å². The molecule has 21 heavy (non-hydrogen) atoms. The molecule has 0 aromatic heterocycles. The first kappa shape index (κ1) is 16.8. The van der Waals surface area contributed by atoms with Gasteiger partial charge in [-0.05, 0) is 43.9 Å². The highest BCUT2D eigenvalue weighted by atomic mass is 79.9. The Balaban J connectivity index is 0.00000161. The zero-order valence-corrected chi connectivity index (χ0v) is 14.7. The molecule has 0 radical (unpaired) electrons. The summed E-state index contributed by atoms with van der Waals surface area (Å²) in [5.41, 5.74) is 8.35. The summed E-state index contributed by atoms with van der Waals surface area (Å²) in [6.07, 6.45) is 5.07. The Kier molecular flexibility index (Phi) is 5.01. The first-order valence-electron chi connectivity index (χ1n) is 7.38. The average molecular weight is 374 g/mol. The molecule has 1 aliphatic carbocycles. The Morgan fingerprint density at radius 1 is 1.43 bits per heavy atom. The van der Waals surface area contributed by atoms with Crippen LogP contribution in [0.4, 0.5) is 5.69 Å². The predicted octanol–water partition coefficient (Wildman–Crippen LogP) is 3.67. The predicted molar refractivity (Wildman–Crippen MR) is 92.0 cm³/mol. The van der Waals surface area contributed by atoms with E-state index in [1.54, 1.807) is 0 Å². The van der Waals surface area contributed by atoms with Crippen molar-refractivity contribution in [2.24, 2.45) is 11.7 Å². The first-order chi connectivity index (χ1) is 9.49. The number of halogens is 2. The van der Waals surface area contributed by atoms with Gasteiger partial charge in [-0.1, -0.05) is 34.8 Å². The summed E-state index contributed by atoms with van der Waals surface area (Å²) >= 11 is 3.50. The number of amides is 1. The minimum absolute atomic E-state index is 0. The zero-order valence-electron chi connectivity index (χ0n) is 12.3. The molecule has 2 atom stereocenters. The first-order valence-corrected chi connectivity index (χ1v) is 8.17. The third-order valence-corrected chi connectivity index (χ3v) is 5.25. The Hall–Kier alpha value is -0.580. The van der Waals surface area contributed by atoms with Crippen molar-refractivity contribution in [3.05, 3.63) is 28.2 Å². The molecule has 2 N–H and O–H groups in total. The maximum Gasteiger partial charge on any atom is 0.231 e. The fourth-order valence-electron chi connectivity index (χ4n) is 3.53. The van der Waals surface area contributed by atoms with Gasteiger partial charge in [0, 0.05) is 22.2 Å². The molecule has 1 aromatic rings. The normalized spacial score (nSPS) is 28.0. The number of anilines is 1. The summed E-state index contributed by atoms with van der Waals surface area (Å²) in [4.78, 5) is 14.9. The molecule has 3 rings (SSSR count). The quantitative estimate of drug-likeness (QED) is 0.816. The van der Waals surface area contributed by atoms with E-state index in [2.05, 4.69) is 28.1 Å². The maximum absolute atomic E-state index is 12.9. The lowest BCUT2D eigenvalue weighted by molar-refractivity contribution is -0.125. The Morgan fingerprint density at radius 3 is 2.90 bits per heavy atom. The second-order valence-electron chi connectivity index (χ2n) is 6.32. The lowest BCUT2D eigenvalue weighted by atomic mass is 9.74. The molecule has 0 spiro atoms. The number of carbonyl (C=O) groups is 1. The summed E-state index contributed by atoms with van der Waals surface area (Å²) in [5.74, 6) is 0.174. The number of nitrogens with two attached hydrogens (primary N) is 1. The summed E-state index contributed by atoms with van der Waals surface area (Å²) in [5, 5.41) is 0. The topological polar surface area (TPSA) is 46.3 Å². The second-order valence-corrected chi connectivity index (χ2v) is 7.23. The summed E-state index contributed by atoms with van der Waals surface area (Å²) in [7, 11) is 0. The van der Waals surface area contributed by atoms with Crippen LogP contribution >= 0.6 is 28.3 Å². The highest BCUT2D eigenvalue weighted by Crippen LogP contribution is 2.37. The number of hydrogen-bond acceptors (Lipinski definition) is 2. The third kappa shape index (κ3) is 3.13. The molecule has 1 aromatic carbocycles. The monoisotopic (exact) mass is 372 g/mol. The number of carbonyl (C=O) groups excluding carboxylic acids is 1. The molecular weight excluding hydrogens is 352 g/mol. The van der Waals surface area contributed by atoms with Gasteiger partial charge in [-0.15, -0.1) is 12.4 Å². The van der Waals surface area contributed by atoms with Crippen LogP contribution in [0.2, 0.25) is 0 Å². The highest BCUT2D eigenvalue weighted by Gasteiger charge is 2.41. The van der Waals surface area contributed by atoms with E-state index in [1.165, 1.54) is 5.56 Å². The van der Waals surface area contributed by atoms with Crippen molar-refractivity contribution in [1.29, 1.82) is 0 Å². The standard InChI is InChI=1S/C16H21BrN2O.ClH/c1-16(18)8-3-2-4-13(16)15(20)19-9-7-11-5-6-12(17)10-14(11)19;/h5-6,10,13H,2-4,7-9,18H2,1H3;1H. The largest absolute Gasteiger partial charge is 0.325 e. The van der Waals surface area contributed by atoms with Crippen LogP contribution in [0, 0.1) is 5.92 Å². The number of nitrogens with zero attached hydrogens (tertiary/aromatic N) is 1. The number of benzene rings is 1. The van der Waals surface area contributed by atoms with Gasteiger partial charge in [0.2, 0.25) is 5.91 Å². The van der Waals surface area contributed by atoms with Crippen LogP contribution in [0.1, 0.15) is 38.2 Å². The van der Waals surface area contributed by atoms with Crippen LogP contribution in [-0.2, 0) is 11.2 Å². The van der Waals surface area contributed by atoms with Crippen molar-refractivity contribution in [2.45, 2.75) is 44.6 Å². The van der Waals surface area contributed by atoms with Crippen LogP contribution in [0.15, 0.2) is 22.7 Å². The smallest absolute Gasteiger partial charge is 0.231 e. The van der Waals surface area contributed by atoms with E-state index in [4.69, 9.17) is 5.73 Å². The molecule has 1 fully saturated rings. The van der Waals surface area contributed by atoms with Gasteiger partial charge in [0.15, 0.2) is 0 Å². The van der Waals surface area contributed by atoms with Gasteiger partial charge in [0.05, 0.1) is 5.92 Å². The van der Waals surface area contributed by atoms with Crippen molar-refractivity contribution in [2.75, 3.05) is 11.4 Å². The van der Waals surface area contributed by atoms with Crippen LogP contribution in [0.25, 0.3) is 0 Å². The molecule has 2 aliphatic rings. The van der Waals surface area contributed by atoms with Gasteiger partial charge in [-0.3, -0.25) is 4.79 Å². The van der Waals surface area contributed by atoms with Gasteiger partial charge in [-0.25, -0.2) is 0 Å². The van der Waals surface area contributed by atoms with E-state index < -0.39 is 0 Å². The molecule has 1 saturated carbocycles. The molecule has 5 heteroatoms. The molecule has 3 nitrogen and oxygen atoms in total. The fourth-order valence-corrected chi connectivity index (χ4v) is 3.88. The Labute approximate surface area is 140 Å². The number of rotatable bonds is 1. The van der Waals surface area contributed by atoms with Crippen LogP contribution in [0.5, 0.6) is 0 Å². The summed E-state index contributed by atoms with van der Waals surface area (Å²) < 4.78 is 1.02. The van der Waals surface area contributed by atoms with E-state index in [-0.39, 0.29) is 29.8 Å². The minimum Gasteiger partial charge on any atom is -0.325 e. The Morgan fingerprint density at radius 2 is 2.19 bits per heavy atom. The van der Waals surface area contributed by atoms with Gasteiger partial charge in [-0.2, -0.15) is 0 Å². The van der Waals surface area contributed by atoms with Crippen molar-refractivity contribution in [3.63, 3.8) is 0 Å². The number of fused-ring (bicyclic) bond motifs is 1. The summed E-state index contributed by atoms with van der Waals surface area (Å²) in [6, 6.07) is 6.20. The number of hydrogen-bond donors (Lipinski definition) is 1. The molecule has 1 heterocycles. The molecular formula is C16H22BrClN2O.